The molecule has 184 valence electrons. The Kier molecular flexibility index (Phi) is 6.92. The second-order valence-corrected chi connectivity index (χ2v) is 9.51. The van der Waals surface area contributed by atoms with Gasteiger partial charge in [-0.05, 0) is 23.6 Å². The Morgan fingerprint density at radius 3 is 1.92 bits per heavy atom. The average molecular weight is 503 g/mol. The van der Waals surface area contributed by atoms with Crippen LogP contribution < -0.4 is 11.2 Å². The summed E-state index contributed by atoms with van der Waals surface area (Å²) in [4.78, 5) is 26.5. The Balaban J connectivity index is 1.50. The summed E-state index contributed by atoms with van der Waals surface area (Å²) in [6, 6.07) is 30.2. The molecule has 6 nitrogen and oxygen atoms in total. The smallest absolute Gasteiger partial charge is 0.330 e. The number of nitrogens with zero attached hydrogens (tertiary/aromatic N) is 1. The maximum atomic E-state index is 12.4. The molecule has 0 amide bonds. The van der Waals surface area contributed by atoms with E-state index in [4.69, 9.17) is 21.1 Å². The molecule has 1 aromatic heterocycles. The molecule has 0 spiro atoms. The van der Waals surface area contributed by atoms with Gasteiger partial charge in [-0.1, -0.05) is 91.0 Å². The number of benzene rings is 3. The molecule has 1 aliphatic rings. The number of ether oxygens (including phenoxy) is 2. The molecule has 7 heteroatoms. The lowest BCUT2D eigenvalue weighted by atomic mass is 9.80. The van der Waals surface area contributed by atoms with Crippen molar-refractivity contribution in [1.82, 2.24) is 9.55 Å². The first-order valence-corrected chi connectivity index (χ1v) is 12.3. The zero-order valence-electron chi connectivity index (χ0n) is 19.8. The Morgan fingerprint density at radius 1 is 0.917 bits per heavy atom. The van der Waals surface area contributed by atoms with E-state index in [0.717, 1.165) is 16.7 Å². The van der Waals surface area contributed by atoms with Crippen molar-refractivity contribution in [2.75, 3.05) is 6.61 Å². The number of hydrogen-bond acceptors (Lipinski definition) is 4. The van der Waals surface area contributed by atoms with Crippen molar-refractivity contribution in [3.63, 3.8) is 0 Å². The van der Waals surface area contributed by atoms with Gasteiger partial charge >= 0.3 is 5.69 Å². The molecule has 0 aliphatic carbocycles. The molecule has 36 heavy (non-hydrogen) atoms. The zero-order chi connectivity index (χ0) is 25.1. The highest BCUT2D eigenvalue weighted by atomic mass is 35.5. The minimum absolute atomic E-state index is 0.195. The van der Waals surface area contributed by atoms with Crippen LogP contribution in [0.5, 0.6) is 0 Å². The Hall–Kier alpha value is -3.45. The predicted molar refractivity (Wildman–Crippen MR) is 139 cm³/mol. The van der Waals surface area contributed by atoms with Gasteiger partial charge < -0.3 is 9.47 Å². The van der Waals surface area contributed by atoms with E-state index in [2.05, 4.69) is 41.4 Å². The summed E-state index contributed by atoms with van der Waals surface area (Å²) in [6.07, 6.45) is 0.867. The van der Waals surface area contributed by atoms with E-state index in [1.54, 1.807) is 6.92 Å². The predicted octanol–water partition coefficient (Wildman–Crippen LogP) is 4.75. The van der Waals surface area contributed by atoms with Crippen LogP contribution in [0.4, 0.5) is 0 Å². The molecule has 1 aliphatic heterocycles. The third-order valence-corrected chi connectivity index (χ3v) is 7.08. The van der Waals surface area contributed by atoms with E-state index in [1.807, 2.05) is 54.6 Å². The molecular weight excluding hydrogens is 476 g/mol. The third kappa shape index (κ3) is 4.55. The van der Waals surface area contributed by atoms with Crippen molar-refractivity contribution in [2.45, 2.75) is 36.7 Å². The molecule has 0 saturated carbocycles. The number of aryl methyl sites for hydroxylation is 1. The van der Waals surface area contributed by atoms with E-state index < -0.39 is 29.2 Å². The first-order chi connectivity index (χ1) is 17.5. The number of aromatic nitrogens is 2. The van der Waals surface area contributed by atoms with Gasteiger partial charge in [0.25, 0.3) is 5.56 Å². The highest BCUT2D eigenvalue weighted by Gasteiger charge is 2.41. The second kappa shape index (κ2) is 10.3. The van der Waals surface area contributed by atoms with Crippen LogP contribution in [0.1, 0.15) is 34.9 Å². The molecule has 0 bridgehead atoms. The van der Waals surface area contributed by atoms with Crippen LogP contribution in [0.2, 0.25) is 0 Å². The topological polar surface area (TPSA) is 73.3 Å². The number of halogens is 1. The number of hydrogen-bond donors (Lipinski definition) is 1. The molecule has 0 radical (unpaired) electrons. The molecule has 4 aromatic rings. The van der Waals surface area contributed by atoms with Gasteiger partial charge in [0.05, 0.1) is 18.1 Å². The molecule has 1 N–H and O–H groups in total. The minimum Gasteiger partial charge on any atom is -0.358 e. The lowest BCUT2D eigenvalue weighted by Gasteiger charge is -2.37. The van der Waals surface area contributed by atoms with E-state index in [9.17, 15) is 9.59 Å². The maximum absolute atomic E-state index is 12.4. The van der Waals surface area contributed by atoms with Crippen molar-refractivity contribution in [1.29, 1.82) is 0 Å². The third-order valence-electron chi connectivity index (χ3n) is 6.62. The summed E-state index contributed by atoms with van der Waals surface area (Å²) in [5, 5.41) is -0.380. The summed E-state index contributed by atoms with van der Waals surface area (Å²) in [5.41, 5.74) is 1.55. The molecule has 3 atom stereocenters. The fraction of sp³-hybridized carbons (Fsp3) is 0.241. The molecule has 3 aromatic carbocycles. The van der Waals surface area contributed by atoms with Gasteiger partial charge in [-0.15, -0.1) is 11.6 Å². The summed E-state index contributed by atoms with van der Waals surface area (Å²) in [6.45, 7) is 1.84. The fourth-order valence-electron chi connectivity index (χ4n) is 4.79. The van der Waals surface area contributed by atoms with E-state index in [0.29, 0.717) is 12.0 Å². The van der Waals surface area contributed by atoms with Crippen LogP contribution in [-0.2, 0) is 15.1 Å². The van der Waals surface area contributed by atoms with Gasteiger partial charge in [0.15, 0.2) is 0 Å². The van der Waals surface area contributed by atoms with Crippen LogP contribution in [0.15, 0.2) is 107 Å². The van der Waals surface area contributed by atoms with Gasteiger partial charge in [0.2, 0.25) is 0 Å². The number of H-pyrrole nitrogens is 1. The maximum Gasteiger partial charge on any atom is 0.330 e. The van der Waals surface area contributed by atoms with Crippen LogP contribution in [0.25, 0.3) is 0 Å². The Labute approximate surface area is 214 Å². The summed E-state index contributed by atoms with van der Waals surface area (Å²) in [5.74, 6) is 0. The molecule has 1 saturated heterocycles. The monoisotopic (exact) mass is 502 g/mol. The first-order valence-electron chi connectivity index (χ1n) is 11.9. The van der Waals surface area contributed by atoms with Crippen molar-refractivity contribution >= 4 is 11.6 Å². The highest BCUT2D eigenvalue weighted by Crippen LogP contribution is 2.42. The van der Waals surface area contributed by atoms with E-state index in [1.165, 1.54) is 10.8 Å². The number of rotatable bonds is 7. The number of aromatic amines is 1. The highest BCUT2D eigenvalue weighted by molar-refractivity contribution is 6.21. The number of nitrogens with one attached hydrogen (secondary N) is 1. The van der Waals surface area contributed by atoms with Crippen molar-refractivity contribution in [2.24, 2.45) is 0 Å². The van der Waals surface area contributed by atoms with Gasteiger partial charge in [0.1, 0.15) is 11.8 Å². The first kappa shape index (κ1) is 24.3. The van der Waals surface area contributed by atoms with Crippen molar-refractivity contribution in [3.05, 3.63) is 140 Å². The molecular formula is C29H27ClN2O4. The molecule has 1 fully saturated rings. The fourth-order valence-corrected chi connectivity index (χ4v) is 5.07. The zero-order valence-corrected chi connectivity index (χ0v) is 20.6. The van der Waals surface area contributed by atoms with Crippen LogP contribution in [0.3, 0.4) is 0 Å². The van der Waals surface area contributed by atoms with Gasteiger partial charge in [-0.3, -0.25) is 14.3 Å². The quantitative estimate of drug-likeness (QED) is 0.292. The van der Waals surface area contributed by atoms with Crippen LogP contribution in [-0.4, -0.2) is 27.6 Å². The minimum atomic E-state index is -0.896. The Bertz CT molecular complexity index is 1320. The van der Waals surface area contributed by atoms with Gasteiger partial charge in [0, 0.05) is 18.2 Å². The number of alkyl halides is 1. The standard InChI is InChI=1S/C29H27ClN2O4/c1-20-18-32(28(34)31-27(20)33)26-17-24(30)25(36-26)19-35-29(21-11-5-2-6-12-21,22-13-7-3-8-14-22)23-15-9-4-10-16-23/h2-16,18,24-26H,17,19H2,1H3,(H,31,33,34). The molecule has 3 unspecified atom stereocenters. The SMILES string of the molecule is Cc1cn(C2CC(Cl)C(COC(c3ccccc3)(c3ccccc3)c3ccccc3)O2)c(=O)[nH]c1=O. The molecule has 5 rings (SSSR count). The van der Waals surface area contributed by atoms with Crippen molar-refractivity contribution < 1.29 is 9.47 Å². The van der Waals surface area contributed by atoms with Gasteiger partial charge in [-0.25, -0.2) is 4.79 Å². The van der Waals surface area contributed by atoms with Gasteiger partial charge in [-0.2, -0.15) is 0 Å². The average Bonchev–Trinajstić information content (AvgIpc) is 3.28. The largest absolute Gasteiger partial charge is 0.358 e. The van der Waals surface area contributed by atoms with Crippen LogP contribution >= 0.6 is 11.6 Å². The second-order valence-electron chi connectivity index (χ2n) is 8.95. The van der Waals surface area contributed by atoms with Crippen molar-refractivity contribution in [3.8, 4) is 0 Å². The normalized spacial score (nSPS) is 19.9. The summed E-state index contributed by atoms with van der Waals surface area (Å²) in [7, 11) is 0. The Morgan fingerprint density at radius 2 is 1.42 bits per heavy atom. The van der Waals surface area contributed by atoms with E-state index >= 15 is 0 Å². The van der Waals surface area contributed by atoms with E-state index in [-0.39, 0.29) is 12.0 Å². The molecule has 2 heterocycles. The summed E-state index contributed by atoms with van der Waals surface area (Å²) >= 11 is 6.72. The lowest BCUT2D eigenvalue weighted by molar-refractivity contribution is -0.0768. The summed E-state index contributed by atoms with van der Waals surface area (Å²) < 4.78 is 14.5. The lowest BCUT2D eigenvalue weighted by Crippen LogP contribution is -2.37. The van der Waals surface area contributed by atoms with Crippen LogP contribution in [0, 0.1) is 6.92 Å².